The second-order valence-corrected chi connectivity index (χ2v) is 5.87. The van der Waals surface area contributed by atoms with Crippen molar-refractivity contribution in [1.82, 2.24) is 4.90 Å². The van der Waals surface area contributed by atoms with Gasteiger partial charge in [0.05, 0.1) is 12.7 Å². The summed E-state index contributed by atoms with van der Waals surface area (Å²) in [6.45, 7) is 1.96. The largest absolute Gasteiger partial charge is 0.375 e. The summed E-state index contributed by atoms with van der Waals surface area (Å²) < 4.78 is 31.6. The third-order valence-electron chi connectivity index (χ3n) is 4.70. The van der Waals surface area contributed by atoms with Crippen LogP contribution < -0.4 is 5.73 Å². The van der Waals surface area contributed by atoms with Crippen molar-refractivity contribution in [2.75, 3.05) is 19.7 Å². The lowest BCUT2D eigenvalue weighted by atomic mass is 9.99. The molecule has 0 radical (unpaired) electrons. The number of benzene rings is 1. The van der Waals surface area contributed by atoms with Crippen LogP contribution in [0.25, 0.3) is 0 Å². The summed E-state index contributed by atoms with van der Waals surface area (Å²) in [4.78, 5) is 2.37. The van der Waals surface area contributed by atoms with Crippen LogP contribution in [0.3, 0.4) is 0 Å². The van der Waals surface area contributed by atoms with Gasteiger partial charge in [-0.25, -0.2) is 8.78 Å². The number of morpholine rings is 1. The van der Waals surface area contributed by atoms with E-state index in [1.54, 1.807) is 12.1 Å². The summed E-state index contributed by atoms with van der Waals surface area (Å²) in [5.74, 6) is 0. The Bertz CT molecular complexity index is 483. The fourth-order valence-corrected chi connectivity index (χ4v) is 3.71. The van der Waals surface area contributed by atoms with Gasteiger partial charge in [0.15, 0.2) is 0 Å². The predicted molar refractivity (Wildman–Crippen MR) is 77.3 cm³/mol. The molecule has 5 heteroatoms. The minimum atomic E-state index is -2.44. The maximum Gasteiger partial charge on any atom is 0.263 e. The van der Waals surface area contributed by atoms with E-state index in [1.807, 2.05) is 6.07 Å². The lowest BCUT2D eigenvalue weighted by Crippen LogP contribution is -2.51. The van der Waals surface area contributed by atoms with Crippen LogP contribution in [0.1, 0.15) is 42.9 Å². The molecule has 1 aromatic carbocycles. The smallest absolute Gasteiger partial charge is 0.263 e. The Labute approximate surface area is 124 Å². The van der Waals surface area contributed by atoms with Crippen molar-refractivity contribution in [1.29, 1.82) is 0 Å². The van der Waals surface area contributed by atoms with Gasteiger partial charge in [0.2, 0.25) is 0 Å². The average molecular weight is 296 g/mol. The van der Waals surface area contributed by atoms with Crippen LogP contribution in [-0.2, 0) is 4.74 Å². The lowest BCUT2D eigenvalue weighted by molar-refractivity contribution is -0.0711. The highest BCUT2D eigenvalue weighted by Crippen LogP contribution is 2.35. The maximum atomic E-state index is 12.9. The number of hydrogen-bond donors (Lipinski definition) is 1. The molecule has 116 valence electrons. The highest BCUT2D eigenvalue weighted by molar-refractivity contribution is 5.27. The van der Waals surface area contributed by atoms with E-state index in [0.29, 0.717) is 19.2 Å². The molecule has 1 aromatic rings. The van der Waals surface area contributed by atoms with Gasteiger partial charge in [0, 0.05) is 30.7 Å². The minimum absolute atomic E-state index is 0.00167. The van der Waals surface area contributed by atoms with E-state index >= 15 is 0 Å². The first-order valence-corrected chi connectivity index (χ1v) is 7.66. The number of ether oxygens (including phenoxy) is 1. The van der Waals surface area contributed by atoms with Gasteiger partial charge >= 0.3 is 0 Å². The Kier molecular flexibility index (Phi) is 4.52. The molecular formula is C16H22F2N2O. The summed E-state index contributed by atoms with van der Waals surface area (Å²) in [6, 6.07) is 7.05. The van der Waals surface area contributed by atoms with Gasteiger partial charge in [-0.05, 0) is 30.9 Å². The van der Waals surface area contributed by atoms with Crippen molar-refractivity contribution in [2.45, 2.75) is 43.9 Å². The van der Waals surface area contributed by atoms with Crippen molar-refractivity contribution >= 4 is 0 Å². The van der Waals surface area contributed by atoms with Crippen LogP contribution in [-0.4, -0.2) is 36.7 Å². The Morgan fingerprint density at radius 1 is 1.29 bits per heavy atom. The Morgan fingerprint density at radius 2 is 2.10 bits per heavy atom. The molecule has 2 fully saturated rings. The van der Waals surface area contributed by atoms with Crippen molar-refractivity contribution in [2.24, 2.45) is 5.73 Å². The first-order chi connectivity index (χ1) is 10.2. The number of hydrogen-bond acceptors (Lipinski definition) is 3. The summed E-state index contributed by atoms with van der Waals surface area (Å²) >= 11 is 0. The minimum Gasteiger partial charge on any atom is -0.375 e. The molecule has 1 aliphatic carbocycles. The standard InChI is InChI=1S/C16H22F2N2O/c17-16(18)12-4-1-3-11(9-12)14(10-19)20-7-8-21-15-6-2-5-13(15)20/h1,3-4,9,13-16H,2,5-8,10,19H2. The van der Waals surface area contributed by atoms with Gasteiger partial charge in [0.1, 0.15) is 0 Å². The molecule has 1 saturated heterocycles. The number of rotatable bonds is 4. The van der Waals surface area contributed by atoms with Crippen LogP contribution in [0.5, 0.6) is 0 Å². The second kappa shape index (κ2) is 6.38. The van der Waals surface area contributed by atoms with Gasteiger partial charge in [-0.15, -0.1) is 0 Å². The number of nitrogens with zero attached hydrogens (tertiary/aromatic N) is 1. The van der Waals surface area contributed by atoms with Crippen LogP contribution in [0, 0.1) is 0 Å². The summed E-state index contributed by atoms with van der Waals surface area (Å²) in [5, 5.41) is 0. The molecule has 0 spiro atoms. The van der Waals surface area contributed by atoms with Crippen molar-refractivity contribution in [3.63, 3.8) is 0 Å². The molecule has 1 saturated carbocycles. The van der Waals surface area contributed by atoms with Crippen molar-refractivity contribution in [3.8, 4) is 0 Å². The normalized spacial score (nSPS) is 27.8. The molecule has 0 aromatic heterocycles. The zero-order chi connectivity index (χ0) is 14.8. The summed E-state index contributed by atoms with van der Waals surface area (Å²) in [7, 11) is 0. The Balaban J connectivity index is 1.85. The quantitative estimate of drug-likeness (QED) is 0.928. The van der Waals surface area contributed by atoms with Crippen LogP contribution in [0.2, 0.25) is 0 Å². The first-order valence-electron chi connectivity index (χ1n) is 7.66. The van der Waals surface area contributed by atoms with Gasteiger partial charge in [0.25, 0.3) is 6.43 Å². The van der Waals surface area contributed by atoms with Crippen molar-refractivity contribution in [3.05, 3.63) is 35.4 Å². The van der Waals surface area contributed by atoms with Gasteiger partial charge in [-0.2, -0.15) is 0 Å². The van der Waals surface area contributed by atoms with E-state index < -0.39 is 6.43 Å². The number of nitrogens with two attached hydrogens (primary N) is 1. The summed E-state index contributed by atoms with van der Waals surface area (Å²) in [6.07, 6.45) is 1.21. The highest BCUT2D eigenvalue weighted by Gasteiger charge is 2.39. The highest BCUT2D eigenvalue weighted by atomic mass is 19.3. The third kappa shape index (κ3) is 2.96. The molecule has 1 aliphatic heterocycles. The number of halogens is 2. The van der Waals surface area contributed by atoms with E-state index in [0.717, 1.165) is 24.9 Å². The predicted octanol–water partition coefficient (Wildman–Crippen LogP) is 2.88. The Hall–Kier alpha value is -1.04. The molecule has 0 bridgehead atoms. The summed E-state index contributed by atoms with van der Waals surface area (Å²) in [5.41, 5.74) is 6.94. The SMILES string of the molecule is NCC(c1cccc(C(F)F)c1)N1CCOC2CCCC21. The Morgan fingerprint density at radius 3 is 2.86 bits per heavy atom. The molecule has 3 atom stereocenters. The van der Waals surface area contributed by atoms with Crippen molar-refractivity contribution < 1.29 is 13.5 Å². The van der Waals surface area contributed by atoms with E-state index in [-0.39, 0.29) is 17.7 Å². The first kappa shape index (κ1) is 14.9. The fraction of sp³-hybridized carbons (Fsp3) is 0.625. The van der Waals surface area contributed by atoms with Gasteiger partial charge in [-0.1, -0.05) is 18.2 Å². The molecule has 3 nitrogen and oxygen atoms in total. The van der Waals surface area contributed by atoms with Crippen LogP contribution in [0.4, 0.5) is 8.78 Å². The van der Waals surface area contributed by atoms with E-state index in [9.17, 15) is 8.78 Å². The molecule has 3 unspecified atom stereocenters. The van der Waals surface area contributed by atoms with E-state index in [4.69, 9.17) is 10.5 Å². The van der Waals surface area contributed by atoms with Crippen LogP contribution >= 0.6 is 0 Å². The molecular weight excluding hydrogens is 274 g/mol. The molecule has 2 aliphatic rings. The van der Waals surface area contributed by atoms with Gasteiger partial charge < -0.3 is 10.5 Å². The third-order valence-corrected chi connectivity index (χ3v) is 4.70. The van der Waals surface area contributed by atoms with E-state index in [1.165, 1.54) is 12.5 Å². The molecule has 2 N–H and O–H groups in total. The number of fused-ring (bicyclic) bond motifs is 1. The van der Waals surface area contributed by atoms with Crippen LogP contribution in [0.15, 0.2) is 24.3 Å². The molecule has 3 rings (SSSR count). The fourth-order valence-electron chi connectivity index (χ4n) is 3.71. The monoisotopic (exact) mass is 296 g/mol. The van der Waals surface area contributed by atoms with E-state index in [2.05, 4.69) is 4.90 Å². The maximum absolute atomic E-state index is 12.9. The zero-order valence-corrected chi connectivity index (χ0v) is 12.1. The zero-order valence-electron chi connectivity index (χ0n) is 12.1. The molecule has 21 heavy (non-hydrogen) atoms. The molecule has 1 heterocycles. The number of alkyl halides is 2. The molecule has 0 amide bonds. The lowest BCUT2D eigenvalue weighted by Gasteiger charge is -2.42. The average Bonchev–Trinajstić information content (AvgIpc) is 2.97. The van der Waals surface area contributed by atoms with Gasteiger partial charge in [-0.3, -0.25) is 4.90 Å². The topological polar surface area (TPSA) is 38.5 Å². The second-order valence-electron chi connectivity index (χ2n) is 5.87.